The molecule has 4 rings (SSSR count). The summed E-state index contributed by atoms with van der Waals surface area (Å²) in [7, 11) is -2.13. The summed E-state index contributed by atoms with van der Waals surface area (Å²) in [5, 5.41) is 0. The molecule has 2 fully saturated rings. The predicted molar refractivity (Wildman–Crippen MR) is 114 cm³/mol. The lowest BCUT2D eigenvalue weighted by Gasteiger charge is -2.32. The number of likely N-dealkylation sites (tertiary alicyclic amines) is 1. The van der Waals surface area contributed by atoms with E-state index in [2.05, 4.69) is 50.8 Å². The zero-order chi connectivity index (χ0) is 19.6. The highest BCUT2D eigenvalue weighted by molar-refractivity contribution is 7.97. The van der Waals surface area contributed by atoms with Crippen molar-refractivity contribution in [3.8, 4) is 0 Å². The lowest BCUT2D eigenvalue weighted by atomic mass is 10.0. The van der Waals surface area contributed by atoms with Gasteiger partial charge in [-0.05, 0) is 42.3 Å². The Kier molecular flexibility index (Phi) is 5.75. The van der Waals surface area contributed by atoms with E-state index in [9.17, 15) is 4.21 Å². The van der Waals surface area contributed by atoms with Crippen molar-refractivity contribution in [2.45, 2.75) is 38.0 Å². The topological polar surface area (TPSA) is 63.2 Å². The quantitative estimate of drug-likeness (QED) is 0.766. The Bertz CT molecular complexity index is 853. The van der Waals surface area contributed by atoms with Crippen LogP contribution in [0.2, 0.25) is 0 Å². The second-order valence-electron chi connectivity index (χ2n) is 7.88. The van der Waals surface area contributed by atoms with E-state index in [1.54, 1.807) is 6.26 Å². The standard InChI is InChI=1S/C21H29N3O3S/c1-28(2,25)23-18-9-12-24(13-10-18)14-16-5-7-17(8-6-16)20-15-26-19-4-3-11-22-21(19)27-20/h4-8,18,20H,1,3,9-15H2,2H3,(H,23,25). The van der Waals surface area contributed by atoms with E-state index >= 15 is 0 Å². The molecule has 3 heterocycles. The third kappa shape index (κ3) is 4.96. The molecule has 3 aliphatic rings. The highest BCUT2D eigenvalue weighted by Gasteiger charge is 2.27. The molecule has 0 radical (unpaired) electrons. The van der Waals surface area contributed by atoms with E-state index in [4.69, 9.17) is 9.47 Å². The molecule has 2 saturated heterocycles. The fourth-order valence-electron chi connectivity index (χ4n) is 3.90. The first-order chi connectivity index (χ1) is 13.5. The van der Waals surface area contributed by atoms with Crippen molar-refractivity contribution in [2.75, 3.05) is 32.5 Å². The number of fused-ring (bicyclic) bond motifs is 1. The zero-order valence-corrected chi connectivity index (χ0v) is 17.2. The molecule has 2 unspecified atom stereocenters. The summed E-state index contributed by atoms with van der Waals surface area (Å²) >= 11 is 0. The van der Waals surface area contributed by atoms with Crippen LogP contribution in [0.3, 0.4) is 0 Å². The Balaban J connectivity index is 1.30. The molecule has 3 aliphatic heterocycles. The van der Waals surface area contributed by atoms with Crippen LogP contribution in [0.25, 0.3) is 0 Å². The third-order valence-electron chi connectivity index (χ3n) is 5.33. The van der Waals surface area contributed by atoms with Gasteiger partial charge in [-0.25, -0.2) is 9.71 Å². The Labute approximate surface area is 167 Å². The second-order valence-corrected chi connectivity index (χ2v) is 10.1. The van der Waals surface area contributed by atoms with E-state index in [-0.39, 0.29) is 6.10 Å². The summed E-state index contributed by atoms with van der Waals surface area (Å²) in [4.78, 5) is 6.86. The van der Waals surface area contributed by atoms with Crippen LogP contribution in [0.4, 0.5) is 0 Å². The van der Waals surface area contributed by atoms with Crippen LogP contribution in [0.15, 0.2) is 41.1 Å². The number of hydrogen-bond acceptors (Lipinski definition) is 5. The average Bonchev–Trinajstić information content (AvgIpc) is 2.69. The lowest BCUT2D eigenvalue weighted by molar-refractivity contribution is 0.0452. The summed E-state index contributed by atoms with van der Waals surface area (Å²) in [6.07, 6.45) is 6.54. The molecule has 2 atom stereocenters. The molecule has 0 amide bonds. The number of benzene rings is 1. The predicted octanol–water partition coefficient (Wildman–Crippen LogP) is 2.28. The first kappa shape index (κ1) is 19.5. The van der Waals surface area contributed by atoms with Gasteiger partial charge >= 0.3 is 0 Å². The van der Waals surface area contributed by atoms with E-state index in [1.807, 2.05) is 0 Å². The van der Waals surface area contributed by atoms with Crippen molar-refractivity contribution in [3.05, 3.63) is 47.2 Å². The third-order valence-corrected chi connectivity index (χ3v) is 6.16. The van der Waals surface area contributed by atoms with Gasteiger partial charge in [0, 0.05) is 48.2 Å². The van der Waals surface area contributed by atoms with Crippen LogP contribution in [-0.2, 0) is 25.7 Å². The number of rotatable bonds is 5. The minimum atomic E-state index is -2.13. The largest absolute Gasteiger partial charge is 0.484 e. The molecule has 1 aromatic carbocycles. The molecule has 6 nitrogen and oxygen atoms in total. The van der Waals surface area contributed by atoms with Gasteiger partial charge in [0.2, 0.25) is 0 Å². The number of aliphatic imine (C=N–C) groups is 1. The van der Waals surface area contributed by atoms with Gasteiger partial charge in [-0.1, -0.05) is 24.3 Å². The maximum Gasteiger partial charge on any atom is 0.252 e. The Morgan fingerprint density at radius 3 is 2.75 bits per heavy atom. The summed E-state index contributed by atoms with van der Waals surface area (Å²) in [6, 6.07) is 8.91. The van der Waals surface area contributed by atoms with Gasteiger partial charge in [-0.15, -0.1) is 0 Å². The van der Waals surface area contributed by atoms with Gasteiger partial charge in [-0.3, -0.25) is 9.11 Å². The monoisotopic (exact) mass is 403 g/mol. The molecule has 0 bridgehead atoms. The number of nitrogens with one attached hydrogen (secondary N) is 1. The smallest absolute Gasteiger partial charge is 0.252 e. The maximum absolute atomic E-state index is 11.8. The fraction of sp³-hybridized carbons (Fsp3) is 0.524. The van der Waals surface area contributed by atoms with E-state index < -0.39 is 9.71 Å². The molecule has 0 saturated carbocycles. The van der Waals surface area contributed by atoms with Crippen LogP contribution in [0.5, 0.6) is 0 Å². The summed E-state index contributed by atoms with van der Waals surface area (Å²) < 4.78 is 26.8. The van der Waals surface area contributed by atoms with Crippen LogP contribution < -0.4 is 4.72 Å². The van der Waals surface area contributed by atoms with Crippen LogP contribution in [-0.4, -0.2) is 59.4 Å². The number of piperidine rings is 1. The highest BCUT2D eigenvalue weighted by Crippen LogP contribution is 2.28. The first-order valence-corrected chi connectivity index (χ1v) is 12.0. The minimum Gasteiger partial charge on any atom is -0.484 e. The van der Waals surface area contributed by atoms with Crippen molar-refractivity contribution in [3.63, 3.8) is 0 Å². The van der Waals surface area contributed by atoms with Crippen molar-refractivity contribution < 1.29 is 13.7 Å². The maximum atomic E-state index is 11.8. The van der Waals surface area contributed by atoms with Gasteiger partial charge < -0.3 is 9.47 Å². The molecule has 0 aliphatic carbocycles. The van der Waals surface area contributed by atoms with Crippen molar-refractivity contribution in [1.29, 1.82) is 0 Å². The zero-order valence-electron chi connectivity index (χ0n) is 16.4. The normalized spacial score (nSPS) is 25.5. The Morgan fingerprint density at radius 1 is 1.29 bits per heavy atom. The summed E-state index contributed by atoms with van der Waals surface area (Å²) in [6.45, 7) is 4.23. The molecule has 28 heavy (non-hydrogen) atoms. The van der Waals surface area contributed by atoms with Gasteiger partial charge in [0.05, 0.1) is 0 Å². The van der Waals surface area contributed by atoms with Crippen molar-refractivity contribution in [1.82, 2.24) is 9.62 Å². The molecule has 0 spiro atoms. The SMILES string of the molecule is C=S(C)(=O)NC1CCN(Cc2ccc(C3COC4=CCCN=C4O3)cc2)CC1. The number of dihydropyridines is 1. The number of hydrogen-bond donors (Lipinski definition) is 1. The Hall–Kier alpha value is -1.83. The number of nitrogens with zero attached hydrogens (tertiary/aromatic N) is 2. The highest BCUT2D eigenvalue weighted by atomic mass is 32.2. The van der Waals surface area contributed by atoms with Crippen LogP contribution in [0, 0.1) is 0 Å². The molecular weight excluding hydrogens is 374 g/mol. The minimum absolute atomic E-state index is 0.101. The van der Waals surface area contributed by atoms with Gasteiger partial charge in [0.1, 0.15) is 6.61 Å². The fourth-order valence-corrected chi connectivity index (χ4v) is 4.84. The van der Waals surface area contributed by atoms with E-state index in [0.717, 1.165) is 56.8 Å². The average molecular weight is 404 g/mol. The summed E-state index contributed by atoms with van der Waals surface area (Å²) in [5.74, 6) is 5.12. The molecule has 1 aromatic rings. The number of ether oxygens (including phenoxy) is 2. The Morgan fingerprint density at radius 2 is 2.04 bits per heavy atom. The molecule has 152 valence electrons. The van der Waals surface area contributed by atoms with Gasteiger partial charge in [0.25, 0.3) is 5.90 Å². The molecule has 1 N–H and O–H groups in total. The molecule has 0 aromatic heterocycles. The van der Waals surface area contributed by atoms with Gasteiger partial charge in [0.15, 0.2) is 11.9 Å². The summed E-state index contributed by atoms with van der Waals surface area (Å²) in [5.41, 5.74) is 2.41. The lowest BCUT2D eigenvalue weighted by Crippen LogP contribution is -2.43. The van der Waals surface area contributed by atoms with Crippen molar-refractivity contribution >= 4 is 21.5 Å². The second kappa shape index (κ2) is 8.27. The molecule has 7 heteroatoms. The van der Waals surface area contributed by atoms with Gasteiger partial charge in [-0.2, -0.15) is 0 Å². The van der Waals surface area contributed by atoms with E-state index in [1.165, 1.54) is 5.56 Å². The van der Waals surface area contributed by atoms with Crippen LogP contribution in [0.1, 0.15) is 36.5 Å². The van der Waals surface area contributed by atoms with Crippen LogP contribution >= 0.6 is 0 Å². The van der Waals surface area contributed by atoms with E-state index in [0.29, 0.717) is 18.5 Å². The first-order valence-electron chi connectivity index (χ1n) is 9.91. The molecular formula is C21H29N3O3S. The van der Waals surface area contributed by atoms with Crippen molar-refractivity contribution in [2.24, 2.45) is 4.99 Å².